The summed E-state index contributed by atoms with van der Waals surface area (Å²) in [6, 6.07) is 0. The second kappa shape index (κ2) is 3.71. The SMILES string of the molecule is CC[C@@H]1CC1(NC(=O)C(C)C)C(C)=O. The van der Waals surface area contributed by atoms with Gasteiger partial charge < -0.3 is 5.32 Å². The molecule has 0 aliphatic heterocycles. The van der Waals surface area contributed by atoms with E-state index in [0.717, 1.165) is 12.8 Å². The van der Waals surface area contributed by atoms with Crippen LogP contribution in [0, 0.1) is 11.8 Å². The number of ketones is 1. The molecule has 0 radical (unpaired) electrons. The summed E-state index contributed by atoms with van der Waals surface area (Å²) in [5.74, 6) is 0.376. The quantitative estimate of drug-likeness (QED) is 0.742. The van der Waals surface area contributed by atoms with E-state index < -0.39 is 5.54 Å². The lowest BCUT2D eigenvalue weighted by Gasteiger charge is -2.17. The van der Waals surface area contributed by atoms with Crippen molar-refractivity contribution in [1.82, 2.24) is 5.32 Å². The Balaban J connectivity index is 2.65. The van der Waals surface area contributed by atoms with Crippen LogP contribution in [-0.4, -0.2) is 17.2 Å². The van der Waals surface area contributed by atoms with Crippen molar-refractivity contribution in [2.75, 3.05) is 0 Å². The van der Waals surface area contributed by atoms with Gasteiger partial charge in [-0.1, -0.05) is 27.2 Å². The molecule has 0 bridgehead atoms. The molecule has 1 amide bonds. The Morgan fingerprint density at radius 3 is 2.36 bits per heavy atom. The lowest BCUT2D eigenvalue weighted by molar-refractivity contribution is -0.130. The molecule has 14 heavy (non-hydrogen) atoms. The zero-order valence-corrected chi connectivity index (χ0v) is 9.39. The van der Waals surface area contributed by atoms with Gasteiger partial charge in [-0.05, 0) is 19.3 Å². The first-order valence-electron chi connectivity index (χ1n) is 5.27. The zero-order chi connectivity index (χ0) is 10.9. The van der Waals surface area contributed by atoms with Gasteiger partial charge in [-0.3, -0.25) is 9.59 Å². The van der Waals surface area contributed by atoms with E-state index in [1.807, 2.05) is 13.8 Å². The summed E-state index contributed by atoms with van der Waals surface area (Å²) in [6.07, 6.45) is 1.77. The second-order valence-corrected chi connectivity index (χ2v) is 4.48. The molecule has 1 saturated carbocycles. The molecule has 0 heterocycles. The molecule has 2 atom stereocenters. The van der Waals surface area contributed by atoms with Gasteiger partial charge in [0.1, 0.15) is 5.54 Å². The van der Waals surface area contributed by atoms with Crippen molar-refractivity contribution in [2.24, 2.45) is 11.8 Å². The van der Waals surface area contributed by atoms with Crippen LogP contribution in [0.4, 0.5) is 0 Å². The summed E-state index contributed by atoms with van der Waals surface area (Å²) in [4.78, 5) is 22.9. The van der Waals surface area contributed by atoms with Crippen LogP contribution in [0.1, 0.15) is 40.5 Å². The maximum atomic E-state index is 11.5. The summed E-state index contributed by atoms with van der Waals surface area (Å²) >= 11 is 0. The maximum Gasteiger partial charge on any atom is 0.223 e. The Morgan fingerprint density at radius 2 is 2.07 bits per heavy atom. The first kappa shape index (κ1) is 11.2. The van der Waals surface area contributed by atoms with Crippen molar-refractivity contribution in [3.05, 3.63) is 0 Å². The van der Waals surface area contributed by atoms with Crippen LogP contribution in [0.25, 0.3) is 0 Å². The van der Waals surface area contributed by atoms with Crippen LogP contribution >= 0.6 is 0 Å². The Hall–Kier alpha value is -0.860. The van der Waals surface area contributed by atoms with Crippen LogP contribution in [-0.2, 0) is 9.59 Å². The third kappa shape index (κ3) is 1.81. The minimum absolute atomic E-state index is 0.0175. The highest BCUT2D eigenvalue weighted by Gasteiger charge is 2.57. The van der Waals surface area contributed by atoms with Crippen LogP contribution in [0.3, 0.4) is 0 Å². The highest BCUT2D eigenvalue weighted by Crippen LogP contribution is 2.46. The molecule has 1 unspecified atom stereocenters. The molecular formula is C11H19NO2. The monoisotopic (exact) mass is 197 g/mol. The first-order valence-corrected chi connectivity index (χ1v) is 5.27. The van der Waals surface area contributed by atoms with Crippen molar-refractivity contribution >= 4 is 11.7 Å². The van der Waals surface area contributed by atoms with Gasteiger partial charge in [-0.15, -0.1) is 0 Å². The Morgan fingerprint density at radius 1 is 1.50 bits per heavy atom. The molecule has 0 aromatic heterocycles. The molecule has 0 aromatic rings. The van der Waals surface area contributed by atoms with Crippen LogP contribution in [0.2, 0.25) is 0 Å². The lowest BCUT2D eigenvalue weighted by Crippen LogP contribution is -2.45. The van der Waals surface area contributed by atoms with Gasteiger partial charge in [0.05, 0.1) is 0 Å². The number of rotatable bonds is 4. The fraction of sp³-hybridized carbons (Fsp3) is 0.818. The first-order chi connectivity index (χ1) is 6.44. The largest absolute Gasteiger partial charge is 0.343 e. The molecule has 1 rings (SSSR count). The summed E-state index contributed by atoms with van der Waals surface area (Å²) in [5, 5.41) is 2.88. The molecule has 80 valence electrons. The second-order valence-electron chi connectivity index (χ2n) is 4.48. The van der Waals surface area contributed by atoms with E-state index in [9.17, 15) is 9.59 Å². The van der Waals surface area contributed by atoms with E-state index in [-0.39, 0.29) is 17.6 Å². The highest BCUT2D eigenvalue weighted by atomic mass is 16.2. The van der Waals surface area contributed by atoms with Crippen molar-refractivity contribution in [3.63, 3.8) is 0 Å². The molecule has 1 aliphatic rings. The number of Topliss-reactive ketones (excluding diaryl/α,β-unsaturated/α-hetero) is 1. The van der Waals surface area contributed by atoms with Gasteiger partial charge in [-0.25, -0.2) is 0 Å². The van der Waals surface area contributed by atoms with Gasteiger partial charge in [0.15, 0.2) is 5.78 Å². The fourth-order valence-electron chi connectivity index (χ4n) is 1.86. The summed E-state index contributed by atoms with van der Waals surface area (Å²) in [5.41, 5.74) is -0.518. The molecule has 3 nitrogen and oxygen atoms in total. The molecule has 0 spiro atoms. The average molecular weight is 197 g/mol. The lowest BCUT2D eigenvalue weighted by atomic mass is 10.1. The number of carbonyl (C=O) groups excluding carboxylic acids is 2. The van der Waals surface area contributed by atoms with Gasteiger partial charge in [0.25, 0.3) is 0 Å². The molecule has 1 N–H and O–H groups in total. The normalized spacial score (nSPS) is 30.2. The van der Waals surface area contributed by atoms with Crippen molar-refractivity contribution in [1.29, 1.82) is 0 Å². The van der Waals surface area contributed by atoms with Crippen LogP contribution in [0.5, 0.6) is 0 Å². The summed E-state index contributed by atoms with van der Waals surface area (Å²) in [7, 11) is 0. The van der Waals surface area contributed by atoms with Crippen LogP contribution in [0.15, 0.2) is 0 Å². The molecule has 1 fully saturated rings. The number of carbonyl (C=O) groups is 2. The third-order valence-electron chi connectivity index (χ3n) is 3.10. The predicted octanol–water partition coefficient (Wildman–Crippen LogP) is 1.52. The van der Waals surface area contributed by atoms with E-state index >= 15 is 0 Å². The molecule has 0 saturated heterocycles. The predicted molar refractivity (Wildman–Crippen MR) is 54.8 cm³/mol. The Bertz CT molecular complexity index is 260. The standard InChI is InChI=1S/C11H19NO2/c1-5-9-6-11(9,8(4)13)12-10(14)7(2)3/h7,9H,5-6H2,1-4H3,(H,12,14)/t9-,11?/m1/s1. The Labute approximate surface area is 85.3 Å². The topological polar surface area (TPSA) is 46.2 Å². The molecule has 0 aromatic carbocycles. The molecule has 1 aliphatic carbocycles. The number of hydrogen-bond acceptors (Lipinski definition) is 2. The van der Waals surface area contributed by atoms with Gasteiger partial charge in [0, 0.05) is 5.92 Å². The smallest absolute Gasteiger partial charge is 0.223 e. The third-order valence-corrected chi connectivity index (χ3v) is 3.10. The van der Waals surface area contributed by atoms with E-state index in [2.05, 4.69) is 12.2 Å². The number of amides is 1. The highest BCUT2D eigenvalue weighted by molar-refractivity contribution is 5.95. The minimum Gasteiger partial charge on any atom is -0.343 e. The van der Waals surface area contributed by atoms with Gasteiger partial charge in [0.2, 0.25) is 5.91 Å². The minimum atomic E-state index is -0.518. The van der Waals surface area contributed by atoms with Crippen molar-refractivity contribution in [3.8, 4) is 0 Å². The van der Waals surface area contributed by atoms with Gasteiger partial charge >= 0.3 is 0 Å². The van der Waals surface area contributed by atoms with E-state index in [1.165, 1.54) is 0 Å². The van der Waals surface area contributed by atoms with Crippen LogP contribution < -0.4 is 5.32 Å². The van der Waals surface area contributed by atoms with E-state index in [0.29, 0.717) is 5.92 Å². The van der Waals surface area contributed by atoms with E-state index in [4.69, 9.17) is 0 Å². The van der Waals surface area contributed by atoms with Gasteiger partial charge in [-0.2, -0.15) is 0 Å². The summed E-state index contributed by atoms with van der Waals surface area (Å²) < 4.78 is 0. The van der Waals surface area contributed by atoms with E-state index in [1.54, 1.807) is 6.92 Å². The number of hydrogen-bond donors (Lipinski definition) is 1. The van der Waals surface area contributed by atoms with Crippen molar-refractivity contribution in [2.45, 2.75) is 46.1 Å². The maximum absolute atomic E-state index is 11.5. The number of nitrogens with one attached hydrogen (secondary N) is 1. The van der Waals surface area contributed by atoms with Crippen molar-refractivity contribution < 1.29 is 9.59 Å². The zero-order valence-electron chi connectivity index (χ0n) is 9.39. The molecular weight excluding hydrogens is 178 g/mol. The summed E-state index contributed by atoms with van der Waals surface area (Å²) in [6.45, 7) is 7.30. The molecule has 3 heteroatoms. The fourth-order valence-corrected chi connectivity index (χ4v) is 1.86. The average Bonchev–Trinajstić information content (AvgIpc) is 2.79. The Kier molecular flexibility index (Phi) is 2.98.